The van der Waals surface area contributed by atoms with Crippen molar-refractivity contribution in [2.24, 2.45) is 11.8 Å². The standard InChI is InChI=1S/C10H17NS/c1-8(2)9(7-11)10-5-3-4-6-12-10/h8-10H,3-6H2,1-2H3. The topological polar surface area (TPSA) is 23.8 Å². The normalized spacial score (nSPS) is 26.7. The van der Waals surface area contributed by atoms with Crippen molar-refractivity contribution in [1.29, 1.82) is 5.26 Å². The molecule has 0 aromatic heterocycles. The summed E-state index contributed by atoms with van der Waals surface area (Å²) in [6.07, 6.45) is 3.92. The van der Waals surface area contributed by atoms with Crippen molar-refractivity contribution < 1.29 is 0 Å². The van der Waals surface area contributed by atoms with Crippen LogP contribution in [0.5, 0.6) is 0 Å². The van der Waals surface area contributed by atoms with Crippen molar-refractivity contribution >= 4 is 11.8 Å². The molecule has 68 valence electrons. The van der Waals surface area contributed by atoms with Crippen LogP contribution in [0.1, 0.15) is 33.1 Å². The second-order valence-corrected chi connectivity index (χ2v) is 5.15. The molecule has 1 aliphatic heterocycles. The van der Waals surface area contributed by atoms with Gasteiger partial charge in [0.25, 0.3) is 0 Å². The molecule has 1 nitrogen and oxygen atoms in total. The molecule has 0 bridgehead atoms. The van der Waals surface area contributed by atoms with Crippen molar-refractivity contribution in [3.8, 4) is 6.07 Å². The molecule has 0 aromatic rings. The van der Waals surface area contributed by atoms with Gasteiger partial charge in [-0.3, -0.25) is 0 Å². The Balaban J connectivity index is 2.47. The van der Waals surface area contributed by atoms with Gasteiger partial charge in [-0.05, 0) is 24.5 Å². The smallest absolute Gasteiger partial charge is 0.0670 e. The van der Waals surface area contributed by atoms with Gasteiger partial charge in [-0.2, -0.15) is 17.0 Å². The third-order valence-corrected chi connectivity index (χ3v) is 3.96. The lowest BCUT2D eigenvalue weighted by molar-refractivity contribution is 0.433. The fourth-order valence-corrected chi connectivity index (χ4v) is 3.30. The summed E-state index contributed by atoms with van der Waals surface area (Å²) < 4.78 is 0. The van der Waals surface area contributed by atoms with E-state index in [0.717, 1.165) is 0 Å². The molecule has 0 saturated carbocycles. The van der Waals surface area contributed by atoms with Gasteiger partial charge in [0, 0.05) is 5.25 Å². The molecule has 0 spiro atoms. The number of hydrogen-bond donors (Lipinski definition) is 0. The van der Waals surface area contributed by atoms with Crippen molar-refractivity contribution in [3.63, 3.8) is 0 Å². The number of rotatable bonds is 2. The Hall–Kier alpha value is -0.160. The molecule has 12 heavy (non-hydrogen) atoms. The first-order chi connectivity index (χ1) is 5.75. The number of thioether (sulfide) groups is 1. The van der Waals surface area contributed by atoms with Gasteiger partial charge < -0.3 is 0 Å². The molecular formula is C10H17NS. The Morgan fingerprint density at radius 1 is 1.42 bits per heavy atom. The zero-order chi connectivity index (χ0) is 8.97. The third-order valence-electron chi connectivity index (χ3n) is 2.48. The Kier molecular flexibility index (Phi) is 3.94. The van der Waals surface area contributed by atoms with Gasteiger partial charge in [-0.15, -0.1) is 0 Å². The second-order valence-electron chi connectivity index (χ2n) is 3.80. The summed E-state index contributed by atoms with van der Waals surface area (Å²) >= 11 is 2.00. The average Bonchev–Trinajstić information content (AvgIpc) is 2.07. The van der Waals surface area contributed by atoms with E-state index in [1.165, 1.54) is 25.0 Å². The maximum atomic E-state index is 8.99. The van der Waals surface area contributed by atoms with E-state index >= 15 is 0 Å². The maximum absolute atomic E-state index is 8.99. The fourth-order valence-electron chi connectivity index (χ4n) is 1.71. The molecule has 0 aromatic carbocycles. The molecule has 2 atom stereocenters. The highest BCUT2D eigenvalue weighted by Gasteiger charge is 2.26. The van der Waals surface area contributed by atoms with E-state index in [1.807, 2.05) is 11.8 Å². The van der Waals surface area contributed by atoms with E-state index in [2.05, 4.69) is 19.9 Å². The van der Waals surface area contributed by atoms with Crippen LogP contribution in [0, 0.1) is 23.2 Å². The summed E-state index contributed by atoms with van der Waals surface area (Å²) in [5, 5.41) is 9.60. The van der Waals surface area contributed by atoms with Gasteiger partial charge in [-0.1, -0.05) is 20.3 Å². The first kappa shape index (κ1) is 9.92. The summed E-state index contributed by atoms with van der Waals surface area (Å²) in [6.45, 7) is 4.31. The van der Waals surface area contributed by atoms with Crippen molar-refractivity contribution in [2.45, 2.75) is 38.4 Å². The van der Waals surface area contributed by atoms with Crippen LogP contribution in [-0.2, 0) is 0 Å². The van der Waals surface area contributed by atoms with Crippen LogP contribution < -0.4 is 0 Å². The second kappa shape index (κ2) is 4.77. The van der Waals surface area contributed by atoms with Crippen molar-refractivity contribution in [1.82, 2.24) is 0 Å². The van der Waals surface area contributed by atoms with Crippen LogP contribution in [-0.4, -0.2) is 11.0 Å². The zero-order valence-electron chi connectivity index (χ0n) is 7.92. The van der Waals surface area contributed by atoms with Gasteiger partial charge in [0.2, 0.25) is 0 Å². The van der Waals surface area contributed by atoms with Gasteiger partial charge in [0.05, 0.1) is 12.0 Å². The number of nitriles is 1. The lowest BCUT2D eigenvalue weighted by atomic mass is 9.91. The van der Waals surface area contributed by atoms with Crippen LogP contribution in [0.3, 0.4) is 0 Å². The van der Waals surface area contributed by atoms with Gasteiger partial charge in [-0.25, -0.2) is 0 Å². The van der Waals surface area contributed by atoms with Crippen LogP contribution in [0.15, 0.2) is 0 Å². The molecule has 1 saturated heterocycles. The summed E-state index contributed by atoms with van der Waals surface area (Å²) in [5.74, 6) is 2.05. The molecular weight excluding hydrogens is 166 g/mol. The number of nitrogens with zero attached hydrogens (tertiary/aromatic N) is 1. The summed E-state index contributed by atoms with van der Waals surface area (Å²) in [5.41, 5.74) is 0. The Morgan fingerprint density at radius 2 is 2.17 bits per heavy atom. The highest BCUT2D eigenvalue weighted by Crippen LogP contribution is 2.33. The molecule has 0 N–H and O–H groups in total. The quantitative estimate of drug-likeness (QED) is 0.657. The van der Waals surface area contributed by atoms with Crippen LogP contribution in [0.4, 0.5) is 0 Å². The van der Waals surface area contributed by atoms with Crippen LogP contribution in [0.25, 0.3) is 0 Å². The Bertz CT molecular complexity index is 165. The van der Waals surface area contributed by atoms with Crippen molar-refractivity contribution in [2.75, 3.05) is 5.75 Å². The first-order valence-corrected chi connectivity index (χ1v) is 5.82. The third kappa shape index (κ3) is 2.42. The van der Waals surface area contributed by atoms with Crippen molar-refractivity contribution in [3.05, 3.63) is 0 Å². The Labute approximate surface area is 79.5 Å². The van der Waals surface area contributed by atoms with Gasteiger partial charge in [0.1, 0.15) is 0 Å². The molecule has 1 aliphatic rings. The molecule has 1 fully saturated rings. The fraction of sp³-hybridized carbons (Fsp3) is 0.900. The lowest BCUT2D eigenvalue weighted by Crippen LogP contribution is -2.23. The van der Waals surface area contributed by atoms with Crippen LogP contribution >= 0.6 is 11.8 Å². The van der Waals surface area contributed by atoms with Crippen LogP contribution in [0.2, 0.25) is 0 Å². The summed E-state index contributed by atoms with van der Waals surface area (Å²) in [6, 6.07) is 2.45. The minimum atomic E-state index is 0.273. The molecule has 1 rings (SSSR count). The highest BCUT2D eigenvalue weighted by atomic mass is 32.2. The average molecular weight is 183 g/mol. The first-order valence-electron chi connectivity index (χ1n) is 4.77. The number of hydrogen-bond acceptors (Lipinski definition) is 2. The maximum Gasteiger partial charge on any atom is 0.0670 e. The van der Waals surface area contributed by atoms with E-state index in [1.54, 1.807) is 0 Å². The molecule has 2 unspecified atom stereocenters. The minimum absolute atomic E-state index is 0.273. The van der Waals surface area contributed by atoms with E-state index < -0.39 is 0 Å². The molecule has 2 heteroatoms. The molecule has 0 radical (unpaired) electrons. The predicted molar refractivity (Wildman–Crippen MR) is 54.0 cm³/mol. The SMILES string of the molecule is CC(C)C(C#N)C1CCCCS1. The molecule has 1 heterocycles. The van der Waals surface area contributed by atoms with E-state index in [4.69, 9.17) is 5.26 Å². The predicted octanol–water partition coefficient (Wildman–Crippen LogP) is 3.07. The lowest BCUT2D eigenvalue weighted by Gasteiger charge is -2.27. The summed E-state index contributed by atoms with van der Waals surface area (Å²) in [4.78, 5) is 0. The molecule has 0 amide bonds. The van der Waals surface area contributed by atoms with Gasteiger partial charge >= 0.3 is 0 Å². The highest BCUT2D eigenvalue weighted by molar-refractivity contribution is 7.99. The largest absolute Gasteiger partial charge is 0.198 e. The van der Waals surface area contributed by atoms with E-state index in [0.29, 0.717) is 11.2 Å². The zero-order valence-corrected chi connectivity index (χ0v) is 8.73. The van der Waals surface area contributed by atoms with E-state index in [9.17, 15) is 0 Å². The minimum Gasteiger partial charge on any atom is -0.198 e. The Morgan fingerprint density at radius 3 is 2.58 bits per heavy atom. The van der Waals surface area contributed by atoms with E-state index in [-0.39, 0.29) is 5.92 Å². The van der Waals surface area contributed by atoms with Gasteiger partial charge in [0.15, 0.2) is 0 Å². The molecule has 0 aliphatic carbocycles. The monoisotopic (exact) mass is 183 g/mol. The summed E-state index contributed by atoms with van der Waals surface area (Å²) in [7, 11) is 0.